The number of aryl methyl sites for hydroxylation is 2. The second-order valence-corrected chi connectivity index (χ2v) is 8.44. The largest absolute Gasteiger partial charge is 0.435 e. The number of hydrogen-bond donors (Lipinski definition) is 1. The lowest BCUT2D eigenvalue weighted by Gasteiger charge is -2.36. The fourth-order valence-corrected chi connectivity index (χ4v) is 3.97. The summed E-state index contributed by atoms with van der Waals surface area (Å²) < 4.78 is 39.9. The van der Waals surface area contributed by atoms with Gasteiger partial charge in [0.2, 0.25) is 0 Å². The molecule has 9 nitrogen and oxygen atoms in total. The van der Waals surface area contributed by atoms with Crippen LogP contribution >= 0.6 is 0 Å². The second-order valence-electron chi connectivity index (χ2n) is 7.62. The van der Waals surface area contributed by atoms with E-state index in [1.54, 1.807) is 13.8 Å². The molecule has 1 heterocycles. The third-order valence-electron chi connectivity index (χ3n) is 5.30. The van der Waals surface area contributed by atoms with Crippen LogP contribution in [0.5, 0.6) is 5.75 Å². The highest BCUT2D eigenvalue weighted by molar-refractivity contribution is 7.80. The summed E-state index contributed by atoms with van der Waals surface area (Å²) >= 11 is 0. The van der Waals surface area contributed by atoms with Crippen molar-refractivity contribution in [2.45, 2.75) is 19.9 Å². The van der Waals surface area contributed by atoms with Crippen molar-refractivity contribution in [2.24, 2.45) is 0 Å². The van der Waals surface area contributed by atoms with Gasteiger partial charge in [-0.1, -0.05) is 46.4 Å². The van der Waals surface area contributed by atoms with Gasteiger partial charge in [0.15, 0.2) is 6.04 Å². The van der Waals surface area contributed by atoms with Crippen molar-refractivity contribution in [2.75, 3.05) is 11.9 Å². The first kappa shape index (κ1) is 24.8. The van der Waals surface area contributed by atoms with Crippen LogP contribution in [0.3, 0.4) is 0 Å². The summed E-state index contributed by atoms with van der Waals surface area (Å²) in [6.07, 6.45) is 0. The van der Waals surface area contributed by atoms with E-state index in [1.165, 1.54) is 12.1 Å². The number of hydrogen-bond acceptors (Lipinski definition) is 7. The summed E-state index contributed by atoms with van der Waals surface area (Å²) in [5, 5.41) is 11.1. The molecule has 1 aliphatic rings. The Hall–Kier alpha value is -3.83. The molecule has 1 N–H and O–H groups in total. The molecule has 0 aromatic heterocycles. The van der Waals surface area contributed by atoms with E-state index in [9.17, 15) is 18.8 Å². The Morgan fingerprint density at radius 2 is 1.56 bits per heavy atom. The van der Waals surface area contributed by atoms with Gasteiger partial charge in [0.25, 0.3) is 5.69 Å². The van der Waals surface area contributed by atoms with Gasteiger partial charge >= 0.3 is 16.5 Å². The molecule has 3 aromatic carbocycles. The number of carbonyl (C=O) groups excluding carboxylic acids is 1. The number of carbonyl (C=O) groups is 1. The van der Waals surface area contributed by atoms with Crippen molar-refractivity contribution in [3.05, 3.63) is 87.5 Å². The number of nitro groups is 1. The molecule has 0 spiro atoms. The molecule has 1 aliphatic heterocycles. The molecule has 4 rings (SSSR count). The second kappa shape index (κ2) is 9.57. The zero-order chi connectivity index (χ0) is 25.2. The summed E-state index contributed by atoms with van der Waals surface area (Å²) in [4.78, 5) is 25.8. The Balaban J connectivity index is 0.000000588. The van der Waals surface area contributed by atoms with Crippen LogP contribution in [-0.2, 0) is 15.3 Å². The molecule has 0 radical (unpaired) electrons. The standard InChI is InChI=1S/C23H20N2O4.FHO3S/c1-14-12-16(25(27)28)13-15(2)22(14)29-23(26)21-19-10-5-4-8-17(19)18-9-6-7-11-20(18)24(21)3;1-5(2,3)4/h4-13,21H,1-3H3;(H,2,3,4). The summed E-state index contributed by atoms with van der Waals surface area (Å²) in [5.41, 5.74) is 4.97. The van der Waals surface area contributed by atoms with Gasteiger partial charge in [0, 0.05) is 30.4 Å². The molecular weight excluding hydrogens is 467 g/mol. The monoisotopic (exact) mass is 488 g/mol. The third kappa shape index (κ3) is 5.38. The fraction of sp³-hybridized carbons (Fsp3) is 0.174. The number of para-hydroxylation sites is 1. The number of benzene rings is 3. The van der Waals surface area contributed by atoms with E-state index in [0.717, 1.165) is 22.4 Å². The van der Waals surface area contributed by atoms with Gasteiger partial charge in [-0.3, -0.25) is 14.7 Å². The van der Waals surface area contributed by atoms with Gasteiger partial charge in [0.05, 0.1) is 4.92 Å². The summed E-state index contributed by atoms with van der Waals surface area (Å²) in [5.74, 6) is -0.0557. The number of likely N-dealkylation sites (N-methyl/N-ethyl adjacent to an activating group) is 1. The molecule has 11 heteroatoms. The maximum Gasteiger partial charge on any atom is 0.435 e. The molecular formula is C23H21FN2O7S. The van der Waals surface area contributed by atoms with E-state index >= 15 is 0 Å². The first-order valence-electron chi connectivity index (χ1n) is 9.94. The number of nitro benzene ring substituents is 1. The molecule has 0 amide bonds. The predicted octanol–water partition coefficient (Wildman–Crippen LogP) is 4.73. The minimum absolute atomic E-state index is 0.0196. The van der Waals surface area contributed by atoms with Crippen LogP contribution in [-0.4, -0.2) is 30.9 Å². The number of non-ortho nitro benzene ring substituents is 1. The predicted molar refractivity (Wildman–Crippen MR) is 124 cm³/mol. The van der Waals surface area contributed by atoms with Crippen molar-refractivity contribution < 1.29 is 31.3 Å². The van der Waals surface area contributed by atoms with E-state index in [4.69, 9.17) is 17.7 Å². The summed E-state index contributed by atoms with van der Waals surface area (Å²) in [6, 6.07) is 18.0. The fourth-order valence-electron chi connectivity index (χ4n) is 3.97. The molecule has 0 aliphatic carbocycles. The normalized spacial score (nSPS) is 14.3. The van der Waals surface area contributed by atoms with Crippen molar-refractivity contribution >= 4 is 27.8 Å². The maximum absolute atomic E-state index is 13.3. The van der Waals surface area contributed by atoms with E-state index < -0.39 is 27.4 Å². The average molecular weight is 488 g/mol. The van der Waals surface area contributed by atoms with Crippen molar-refractivity contribution in [3.63, 3.8) is 0 Å². The summed E-state index contributed by atoms with van der Waals surface area (Å²) in [7, 11) is -3.30. The van der Waals surface area contributed by atoms with Crippen LogP contribution < -0.4 is 9.64 Å². The van der Waals surface area contributed by atoms with Crippen LogP contribution in [0.15, 0.2) is 60.7 Å². The van der Waals surface area contributed by atoms with Gasteiger partial charge in [-0.15, -0.1) is 0 Å². The lowest BCUT2D eigenvalue weighted by molar-refractivity contribution is -0.385. The lowest BCUT2D eigenvalue weighted by atomic mass is 9.88. The zero-order valence-electron chi connectivity index (χ0n) is 18.4. The molecule has 0 saturated heterocycles. The lowest BCUT2D eigenvalue weighted by Crippen LogP contribution is -2.36. The Morgan fingerprint density at radius 1 is 1.06 bits per heavy atom. The minimum Gasteiger partial charge on any atom is -0.424 e. The number of nitrogens with zero attached hydrogens (tertiary/aromatic N) is 2. The highest BCUT2D eigenvalue weighted by Crippen LogP contribution is 2.44. The Bertz CT molecular complexity index is 1340. The molecule has 1 unspecified atom stereocenters. The molecule has 0 fully saturated rings. The van der Waals surface area contributed by atoms with E-state index in [0.29, 0.717) is 16.9 Å². The summed E-state index contributed by atoms with van der Waals surface area (Å²) in [6.45, 7) is 3.41. The van der Waals surface area contributed by atoms with Gasteiger partial charge in [-0.2, -0.15) is 8.42 Å². The number of halogens is 1. The minimum atomic E-state index is -5.17. The number of ether oxygens (including phenoxy) is 1. The van der Waals surface area contributed by atoms with Crippen LogP contribution in [0.25, 0.3) is 11.1 Å². The zero-order valence-corrected chi connectivity index (χ0v) is 19.2. The van der Waals surface area contributed by atoms with Gasteiger partial charge < -0.3 is 9.64 Å². The highest BCUT2D eigenvalue weighted by atomic mass is 32.3. The van der Waals surface area contributed by atoms with E-state index in [1.807, 2.05) is 60.5 Å². The quantitative estimate of drug-likeness (QED) is 0.140. The van der Waals surface area contributed by atoms with Crippen LogP contribution in [0.1, 0.15) is 22.7 Å². The van der Waals surface area contributed by atoms with Crippen LogP contribution in [0.2, 0.25) is 0 Å². The van der Waals surface area contributed by atoms with Gasteiger partial charge in [-0.25, -0.2) is 4.79 Å². The third-order valence-corrected chi connectivity index (χ3v) is 5.30. The molecule has 178 valence electrons. The van der Waals surface area contributed by atoms with Gasteiger partial charge in [-0.05, 0) is 42.2 Å². The van der Waals surface area contributed by atoms with Gasteiger partial charge in [0.1, 0.15) is 5.75 Å². The Labute approximate surface area is 195 Å². The number of rotatable bonds is 3. The van der Waals surface area contributed by atoms with E-state index in [2.05, 4.69) is 0 Å². The van der Waals surface area contributed by atoms with Crippen LogP contribution in [0.4, 0.5) is 15.3 Å². The Kier molecular flexibility index (Phi) is 6.99. The van der Waals surface area contributed by atoms with Crippen LogP contribution in [0, 0.1) is 24.0 Å². The van der Waals surface area contributed by atoms with Crippen molar-refractivity contribution in [1.82, 2.24) is 0 Å². The first-order chi connectivity index (χ1) is 15.9. The first-order valence-corrected chi connectivity index (χ1v) is 11.3. The Morgan fingerprint density at radius 3 is 2.12 bits per heavy atom. The maximum atomic E-state index is 13.3. The SMILES string of the molecule is Cc1cc([N+](=O)[O-])cc(C)c1OC(=O)C1c2ccccc2-c2ccccc2N1C.O=S(=O)(O)F. The average Bonchev–Trinajstić information content (AvgIpc) is 2.75. The molecule has 3 aromatic rings. The number of fused-ring (bicyclic) bond motifs is 3. The topological polar surface area (TPSA) is 127 Å². The molecule has 34 heavy (non-hydrogen) atoms. The number of esters is 1. The highest BCUT2D eigenvalue weighted by Gasteiger charge is 2.35. The number of anilines is 1. The van der Waals surface area contributed by atoms with Crippen molar-refractivity contribution in [3.8, 4) is 16.9 Å². The van der Waals surface area contributed by atoms with Crippen molar-refractivity contribution in [1.29, 1.82) is 0 Å². The molecule has 0 bridgehead atoms. The smallest absolute Gasteiger partial charge is 0.424 e. The molecule has 1 atom stereocenters. The van der Waals surface area contributed by atoms with E-state index in [-0.39, 0.29) is 5.69 Å². The molecule has 0 saturated carbocycles.